The molecule has 0 amide bonds. The van der Waals surface area contributed by atoms with Gasteiger partial charge in [-0.1, -0.05) is 11.6 Å². The summed E-state index contributed by atoms with van der Waals surface area (Å²) in [6, 6.07) is 9.36. The van der Waals surface area contributed by atoms with Gasteiger partial charge in [-0.2, -0.15) is 5.26 Å². The number of furan rings is 1. The van der Waals surface area contributed by atoms with Crippen LogP contribution in [0, 0.1) is 35.3 Å². The van der Waals surface area contributed by atoms with Gasteiger partial charge in [0, 0.05) is 28.6 Å². The highest BCUT2D eigenvalue weighted by molar-refractivity contribution is 7.18. The maximum absolute atomic E-state index is 12.5. The Labute approximate surface area is 184 Å². The van der Waals surface area contributed by atoms with Crippen molar-refractivity contribution in [3.63, 3.8) is 0 Å². The van der Waals surface area contributed by atoms with Gasteiger partial charge in [0.1, 0.15) is 22.4 Å². The number of rotatable bonds is 4. The summed E-state index contributed by atoms with van der Waals surface area (Å²) in [5, 5.41) is 21.2. The molecule has 3 aromatic heterocycles. The third-order valence-electron chi connectivity index (χ3n) is 4.76. The number of benzene rings is 1. The standard InChI is InChI=1S/C21H13ClN4O4S/c1-10-11(2)31-21-18(10)20(27)24-19(25-21)12(9-23)7-14-4-6-17(30-14)15-5-3-13(26(28)29)8-16(15)22/h3-8H,1-2H3,(H,24,25,27). The lowest BCUT2D eigenvalue weighted by Gasteiger charge is -2.01. The average molecular weight is 453 g/mol. The van der Waals surface area contributed by atoms with E-state index in [9.17, 15) is 20.2 Å². The number of halogens is 1. The van der Waals surface area contributed by atoms with E-state index in [1.54, 1.807) is 12.1 Å². The molecular formula is C21H13ClN4O4S. The van der Waals surface area contributed by atoms with E-state index in [-0.39, 0.29) is 27.7 Å². The number of aromatic nitrogens is 2. The van der Waals surface area contributed by atoms with E-state index in [0.29, 0.717) is 27.3 Å². The molecule has 0 aliphatic carbocycles. The van der Waals surface area contributed by atoms with Crippen molar-refractivity contribution in [2.45, 2.75) is 13.8 Å². The molecule has 0 bridgehead atoms. The monoisotopic (exact) mass is 452 g/mol. The van der Waals surface area contributed by atoms with Crippen LogP contribution in [-0.4, -0.2) is 14.9 Å². The Kier molecular flexibility index (Phi) is 5.19. The van der Waals surface area contributed by atoms with Gasteiger partial charge < -0.3 is 9.40 Å². The van der Waals surface area contributed by atoms with E-state index in [0.717, 1.165) is 10.4 Å². The van der Waals surface area contributed by atoms with Gasteiger partial charge in [0.05, 0.1) is 20.9 Å². The van der Waals surface area contributed by atoms with Crippen LogP contribution < -0.4 is 5.56 Å². The molecule has 1 N–H and O–H groups in total. The second kappa shape index (κ2) is 7.83. The Morgan fingerprint density at radius 1 is 1.35 bits per heavy atom. The molecule has 0 unspecified atom stereocenters. The van der Waals surface area contributed by atoms with Crippen molar-refractivity contribution >= 4 is 50.5 Å². The van der Waals surface area contributed by atoms with Gasteiger partial charge in [-0.25, -0.2) is 4.98 Å². The number of hydrogen-bond acceptors (Lipinski definition) is 7. The van der Waals surface area contributed by atoms with E-state index in [1.807, 2.05) is 19.9 Å². The smallest absolute Gasteiger partial charge is 0.270 e. The minimum absolute atomic E-state index is 0.124. The van der Waals surface area contributed by atoms with Gasteiger partial charge in [-0.3, -0.25) is 14.9 Å². The Balaban J connectivity index is 1.73. The van der Waals surface area contributed by atoms with Crippen LogP contribution in [0.4, 0.5) is 5.69 Å². The Hall–Kier alpha value is -3.74. The number of H-pyrrole nitrogens is 1. The van der Waals surface area contributed by atoms with Crippen LogP contribution in [0.2, 0.25) is 5.02 Å². The van der Waals surface area contributed by atoms with Gasteiger partial charge >= 0.3 is 0 Å². The molecule has 0 saturated heterocycles. The number of nitro groups is 1. The molecule has 0 radical (unpaired) electrons. The van der Waals surface area contributed by atoms with Crippen molar-refractivity contribution in [3.8, 4) is 17.4 Å². The van der Waals surface area contributed by atoms with Crippen LogP contribution in [0.25, 0.3) is 33.2 Å². The first-order valence-corrected chi connectivity index (χ1v) is 10.1. The van der Waals surface area contributed by atoms with Gasteiger partial charge in [0.2, 0.25) is 0 Å². The lowest BCUT2D eigenvalue weighted by atomic mass is 10.1. The highest BCUT2D eigenvalue weighted by atomic mass is 35.5. The molecule has 4 aromatic rings. The fourth-order valence-corrected chi connectivity index (χ4v) is 4.37. The molecule has 154 valence electrons. The molecule has 4 rings (SSSR count). The minimum atomic E-state index is -0.535. The van der Waals surface area contributed by atoms with Gasteiger partial charge in [-0.15, -0.1) is 11.3 Å². The molecule has 0 saturated carbocycles. The van der Waals surface area contributed by atoms with E-state index >= 15 is 0 Å². The molecular weight excluding hydrogens is 440 g/mol. The topological polar surface area (TPSA) is 126 Å². The van der Waals surface area contributed by atoms with Gasteiger partial charge in [-0.05, 0) is 37.6 Å². The van der Waals surface area contributed by atoms with E-state index in [4.69, 9.17) is 16.0 Å². The summed E-state index contributed by atoms with van der Waals surface area (Å²) in [5.41, 5.74) is 1.04. The summed E-state index contributed by atoms with van der Waals surface area (Å²) < 4.78 is 5.75. The van der Waals surface area contributed by atoms with Crippen molar-refractivity contribution < 1.29 is 9.34 Å². The third-order valence-corrected chi connectivity index (χ3v) is 6.17. The second-order valence-electron chi connectivity index (χ2n) is 6.67. The van der Waals surface area contributed by atoms with Crippen LogP contribution >= 0.6 is 22.9 Å². The zero-order valence-electron chi connectivity index (χ0n) is 16.2. The van der Waals surface area contributed by atoms with E-state index in [1.165, 1.54) is 35.6 Å². The lowest BCUT2D eigenvalue weighted by Crippen LogP contribution is -2.10. The van der Waals surface area contributed by atoms with E-state index in [2.05, 4.69) is 9.97 Å². The molecule has 0 atom stereocenters. The van der Waals surface area contributed by atoms with Crippen molar-refractivity contribution in [2.24, 2.45) is 0 Å². The number of aryl methyl sites for hydroxylation is 2. The zero-order chi connectivity index (χ0) is 22.3. The number of fused-ring (bicyclic) bond motifs is 1. The molecule has 1 aromatic carbocycles. The van der Waals surface area contributed by atoms with Crippen molar-refractivity contribution in [1.29, 1.82) is 5.26 Å². The Morgan fingerprint density at radius 3 is 2.81 bits per heavy atom. The predicted molar refractivity (Wildman–Crippen MR) is 119 cm³/mol. The number of allylic oxidation sites excluding steroid dienone is 1. The maximum atomic E-state index is 12.5. The number of nitrogens with one attached hydrogen (secondary N) is 1. The van der Waals surface area contributed by atoms with Crippen LogP contribution in [0.1, 0.15) is 22.0 Å². The lowest BCUT2D eigenvalue weighted by molar-refractivity contribution is -0.384. The number of hydrogen-bond donors (Lipinski definition) is 1. The van der Waals surface area contributed by atoms with Crippen molar-refractivity contribution in [3.05, 3.63) is 77.8 Å². The molecule has 0 spiro atoms. The summed E-state index contributed by atoms with van der Waals surface area (Å²) in [7, 11) is 0. The normalized spacial score (nSPS) is 11.6. The van der Waals surface area contributed by atoms with Crippen LogP contribution in [-0.2, 0) is 0 Å². The number of non-ortho nitro benzene ring substituents is 1. The average Bonchev–Trinajstić information content (AvgIpc) is 3.30. The van der Waals surface area contributed by atoms with Crippen LogP contribution in [0.15, 0.2) is 39.5 Å². The summed E-state index contributed by atoms with van der Waals surface area (Å²) in [4.78, 5) is 31.5. The number of thiophene rings is 1. The van der Waals surface area contributed by atoms with Gasteiger partial charge in [0.15, 0.2) is 5.82 Å². The fourth-order valence-electron chi connectivity index (χ4n) is 3.07. The van der Waals surface area contributed by atoms with Crippen molar-refractivity contribution in [1.82, 2.24) is 9.97 Å². The van der Waals surface area contributed by atoms with Gasteiger partial charge in [0.25, 0.3) is 11.2 Å². The zero-order valence-corrected chi connectivity index (χ0v) is 17.8. The summed E-state index contributed by atoms with van der Waals surface area (Å²) in [5.74, 6) is 0.861. The van der Waals surface area contributed by atoms with Crippen LogP contribution in [0.5, 0.6) is 0 Å². The molecule has 31 heavy (non-hydrogen) atoms. The second-order valence-corrected chi connectivity index (χ2v) is 8.28. The molecule has 10 heteroatoms. The Bertz CT molecular complexity index is 1490. The minimum Gasteiger partial charge on any atom is -0.457 e. The fraction of sp³-hybridized carbons (Fsp3) is 0.0952. The number of nitriles is 1. The Morgan fingerprint density at radius 2 is 2.13 bits per heavy atom. The number of nitro benzene ring substituents is 1. The van der Waals surface area contributed by atoms with E-state index < -0.39 is 4.92 Å². The first-order chi connectivity index (χ1) is 14.8. The molecule has 0 aliphatic rings. The molecule has 0 fully saturated rings. The largest absolute Gasteiger partial charge is 0.457 e. The summed E-state index contributed by atoms with van der Waals surface area (Å²) >= 11 is 7.55. The SMILES string of the molecule is Cc1sc2nc(C(C#N)=Cc3ccc(-c4ccc([N+](=O)[O-])cc4Cl)o3)[nH]c(=O)c2c1C. The first kappa shape index (κ1) is 20.5. The molecule has 3 heterocycles. The highest BCUT2D eigenvalue weighted by Crippen LogP contribution is 2.33. The first-order valence-electron chi connectivity index (χ1n) is 8.95. The molecule has 8 nitrogen and oxygen atoms in total. The van der Waals surface area contributed by atoms with Crippen molar-refractivity contribution in [2.75, 3.05) is 0 Å². The maximum Gasteiger partial charge on any atom is 0.270 e. The number of nitrogens with zero attached hydrogens (tertiary/aromatic N) is 3. The quantitative estimate of drug-likeness (QED) is 0.248. The summed E-state index contributed by atoms with van der Waals surface area (Å²) in [6.07, 6.45) is 1.46. The number of aromatic amines is 1. The molecule has 0 aliphatic heterocycles. The third kappa shape index (κ3) is 3.74. The van der Waals surface area contributed by atoms with Crippen LogP contribution in [0.3, 0.4) is 0 Å². The predicted octanol–water partition coefficient (Wildman–Crippen LogP) is 5.49. The highest BCUT2D eigenvalue weighted by Gasteiger charge is 2.16. The summed E-state index contributed by atoms with van der Waals surface area (Å²) in [6.45, 7) is 3.77.